The lowest BCUT2D eigenvalue weighted by Gasteiger charge is -1.99. The normalized spacial score (nSPS) is 12.2. The van der Waals surface area contributed by atoms with Gasteiger partial charge in [0, 0.05) is 0 Å². The number of carbonyl (C=O) groups is 1. The lowest BCUT2D eigenvalue weighted by Crippen LogP contribution is -2.29. The van der Waals surface area contributed by atoms with Crippen molar-refractivity contribution in [3.8, 4) is 0 Å². The second-order valence-corrected chi connectivity index (χ2v) is 1.35. The SMILES string of the molecule is C=CC(=O)NC(C)[O]. The van der Waals surface area contributed by atoms with Crippen LogP contribution in [0.25, 0.3) is 0 Å². The molecule has 1 N–H and O–H groups in total. The monoisotopic (exact) mass is 114 g/mol. The number of hydrogen-bond acceptors (Lipinski definition) is 1. The van der Waals surface area contributed by atoms with E-state index in [4.69, 9.17) is 0 Å². The predicted molar refractivity (Wildman–Crippen MR) is 28.5 cm³/mol. The first-order chi connectivity index (χ1) is 3.66. The van der Waals surface area contributed by atoms with E-state index in [9.17, 15) is 9.90 Å². The molecule has 0 saturated carbocycles. The fourth-order valence-corrected chi connectivity index (χ4v) is 0.259. The Hall–Kier alpha value is -0.830. The van der Waals surface area contributed by atoms with Crippen molar-refractivity contribution in [2.45, 2.75) is 13.2 Å². The number of nitrogens with one attached hydrogen (secondary N) is 1. The maximum absolute atomic E-state index is 10.2. The Morgan fingerprint density at radius 2 is 2.38 bits per heavy atom. The van der Waals surface area contributed by atoms with Gasteiger partial charge in [-0.2, -0.15) is 0 Å². The van der Waals surface area contributed by atoms with Crippen molar-refractivity contribution in [3.63, 3.8) is 0 Å². The van der Waals surface area contributed by atoms with Crippen LogP contribution in [0.2, 0.25) is 0 Å². The van der Waals surface area contributed by atoms with Crippen molar-refractivity contribution < 1.29 is 9.90 Å². The molecule has 3 nitrogen and oxygen atoms in total. The van der Waals surface area contributed by atoms with Crippen LogP contribution in [-0.4, -0.2) is 12.1 Å². The summed E-state index contributed by atoms with van der Waals surface area (Å²) in [6.45, 7) is 4.51. The first kappa shape index (κ1) is 7.17. The third kappa shape index (κ3) is 3.36. The molecule has 3 heteroatoms. The molecule has 1 amide bonds. The molecule has 0 rings (SSSR count). The summed E-state index contributed by atoms with van der Waals surface area (Å²) in [7, 11) is 0. The first-order valence-electron chi connectivity index (χ1n) is 2.25. The van der Waals surface area contributed by atoms with E-state index in [0.717, 1.165) is 6.08 Å². The first-order valence-corrected chi connectivity index (χ1v) is 2.25. The maximum atomic E-state index is 10.2. The van der Waals surface area contributed by atoms with Gasteiger partial charge in [0.2, 0.25) is 5.91 Å². The summed E-state index contributed by atoms with van der Waals surface area (Å²) in [4.78, 5) is 10.2. The highest BCUT2D eigenvalue weighted by Crippen LogP contribution is 1.72. The van der Waals surface area contributed by atoms with Crippen LogP contribution in [0.3, 0.4) is 0 Å². The van der Waals surface area contributed by atoms with Gasteiger partial charge in [0.05, 0.1) is 0 Å². The topological polar surface area (TPSA) is 49.0 Å². The van der Waals surface area contributed by atoms with E-state index >= 15 is 0 Å². The lowest BCUT2D eigenvalue weighted by molar-refractivity contribution is -0.120. The van der Waals surface area contributed by atoms with Gasteiger partial charge in [0.1, 0.15) is 0 Å². The summed E-state index contributed by atoms with van der Waals surface area (Å²) in [5, 5.41) is 12.2. The van der Waals surface area contributed by atoms with Crippen LogP contribution in [0.5, 0.6) is 0 Å². The highest BCUT2D eigenvalue weighted by Gasteiger charge is 1.97. The van der Waals surface area contributed by atoms with Crippen molar-refractivity contribution in [3.05, 3.63) is 12.7 Å². The van der Waals surface area contributed by atoms with Crippen LogP contribution in [-0.2, 0) is 9.90 Å². The van der Waals surface area contributed by atoms with Crippen LogP contribution >= 0.6 is 0 Å². The average Bonchev–Trinajstić information content (AvgIpc) is 1.65. The van der Waals surface area contributed by atoms with Crippen LogP contribution in [0.1, 0.15) is 6.92 Å². The standard InChI is InChI=1S/C5H8NO2/c1-3-5(8)6-4(2)7/h3-4H,1H2,2H3,(H,6,8). The Kier molecular flexibility index (Phi) is 2.88. The fraction of sp³-hybridized carbons (Fsp3) is 0.400. The van der Waals surface area contributed by atoms with Crippen molar-refractivity contribution in [2.24, 2.45) is 0 Å². The van der Waals surface area contributed by atoms with E-state index in [1.807, 2.05) is 0 Å². The number of carbonyl (C=O) groups excluding carboxylic acids is 1. The van der Waals surface area contributed by atoms with Crippen LogP contribution in [0.15, 0.2) is 12.7 Å². The van der Waals surface area contributed by atoms with Gasteiger partial charge in [-0.15, -0.1) is 0 Å². The predicted octanol–water partition coefficient (Wildman–Crippen LogP) is 0.0651. The molecule has 0 aromatic rings. The summed E-state index contributed by atoms with van der Waals surface area (Å²) in [5.41, 5.74) is 0. The average molecular weight is 114 g/mol. The number of amides is 1. The molecule has 1 unspecified atom stereocenters. The molecule has 1 radical (unpaired) electrons. The molecule has 0 aliphatic rings. The van der Waals surface area contributed by atoms with Crippen LogP contribution < -0.4 is 5.32 Å². The quantitative estimate of drug-likeness (QED) is 0.400. The van der Waals surface area contributed by atoms with Crippen molar-refractivity contribution in [1.29, 1.82) is 0 Å². The zero-order valence-electron chi connectivity index (χ0n) is 4.68. The Balaban J connectivity index is 3.39. The van der Waals surface area contributed by atoms with Gasteiger partial charge in [-0.05, 0) is 13.0 Å². The van der Waals surface area contributed by atoms with Crippen LogP contribution in [0.4, 0.5) is 0 Å². The highest BCUT2D eigenvalue weighted by atomic mass is 16.3. The molecule has 0 aliphatic carbocycles. The maximum Gasteiger partial charge on any atom is 0.245 e. The van der Waals surface area contributed by atoms with Crippen molar-refractivity contribution in [1.82, 2.24) is 5.32 Å². The van der Waals surface area contributed by atoms with E-state index in [-0.39, 0.29) is 0 Å². The summed E-state index contributed by atoms with van der Waals surface area (Å²) >= 11 is 0. The Morgan fingerprint density at radius 1 is 1.88 bits per heavy atom. The van der Waals surface area contributed by atoms with Gasteiger partial charge in [0.15, 0.2) is 6.23 Å². The molecule has 0 aromatic carbocycles. The van der Waals surface area contributed by atoms with Gasteiger partial charge >= 0.3 is 0 Å². The Bertz CT molecular complexity index is 98.6. The molecular weight excluding hydrogens is 106 g/mol. The molecule has 0 aliphatic heterocycles. The van der Waals surface area contributed by atoms with Gasteiger partial charge in [0.25, 0.3) is 0 Å². The Morgan fingerprint density at radius 3 is 2.50 bits per heavy atom. The highest BCUT2D eigenvalue weighted by molar-refractivity contribution is 5.86. The molecular formula is C5H8NO2. The summed E-state index contributed by atoms with van der Waals surface area (Å²) < 4.78 is 0. The van der Waals surface area contributed by atoms with Gasteiger partial charge in [-0.3, -0.25) is 4.79 Å². The molecule has 0 heterocycles. The zero-order valence-corrected chi connectivity index (χ0v) is 4.68. The molecule has 1 atom stereocenters. The third-order valence-corrected chi connectivity index (χ3v) is 0.531. The zero-order chi connectivity index (χ0) is 6.57. The largest absolute Gasteiger partial charge is 0.325 e. The molecule has 0 spiro atoms. The van der Waals surface area contributed by atoms with Crippen molar-refractivity contribution >= 4 is 5.91 Å². The van der Waals surface area contributed by atoms with Gasteiger partial charge < -0.3 is 5.32 Å². The summed E-state index contributed by atoms with van der Waals surface area (Å²) in [6.07, 6.45) is 0.0227. The molecule has 45 valence electrons. The third-order valence-electron chi connectivity index (χ3n) is 0.531. The van der Waals surface area contributed by atoms with Gasteiger partial charge in [-0.1, -0.05) is 6.58 Å². The van der Waals surface area contributed by atoms with Gasteiger partial charge in [-0.25, -0.2) is 5.11 Å². The second-order valence-electron chi connectivity index (χ2n) is 1.35. The molecule has 0 bridgehead atoms. The molecule has 0 aromatic heterocycles. The van der Waals surface area contributed by atoms with Crippen molar-refractivity contribution in [2.75, 3.05) is 0 Å². The lowest BCUT2D eigenvalue weighted by atomic mass is 10.5. The fourth-order valence-electron chi connectivity index (χ4n) is 0.259. The minimum absolute atomic E-state index is 0.424. The minimum Gasteiger partial charge on any atom is -0.325 e. The summed E-state index contributed by atoms with van der Waals surface area (Å²) in [6, 6.07) is 0. The van der Waals surface area contributed by atoms with E-state index in [0.29, 0.717) is 0 Å². The molecule has 0 saturated heterocycles. The minimum atomic E-state index is -1.04. The summed E-state index contributed by atoms with van der Waals surface area (Å²) in [5.74, 6) is -0.424. The second kappa shape index (κ2) is 3.21. The smallest absolute Gasteiger partial charge is 0.245 e. The number of rotatable bonds is 2. The van der Waals surface area contributed by atoms with Crippen LogP contribution in [0, 0.1) is 0 Å². The van der Waals surface area contributed by atoms with E-state index in [2.05, 4.69) is 11.9 Å². The number of hydrogen-bond donors (Lipinski definition) is 1. The van der Waals surface area contributed by atoms with E-state index in [1.165, 1.54) is 6.92 Å². The Labute approximate surface area is 48.0 Å². The van der Waals surface area contributed by atoms with E-state index < -0.39 is 12.1 Å². The molecule has 8 heavy (non-hydrogen) atoms. The molecule has 0 fully saturated rings. The van der Waals surface area contributed by atoms with E-state index in [1.54, 1.807) is 0 Å².